The standard InChI is InChI=1S/C16H23N5S2/c1-12-14(22-11-17-12)9-20-4-3-13-15(10-20)23-16(18-13)21-7-5-19(2)6-8-21/h11H,3-10H2,1-2H3. The van der Waals surface area contributed by atoms with Gasteiger partial charge in [0, 0.05) is 62.0 Å². The molecule has 0 saturated carbocycles. The molecule has 2 aliphatic rings. The van der Waals surface area contributed by atoms with Crippen LogP contribution in [0.15, 0.2) is 5.51 Å². The normalized spacial score (nSPS) is 20.0. The molecule has 0 spiro atoms. The maximum atomic E-state index is 4.94. The Morgan fingerprint density at radius 3 is 2.74 bits per heavy atom. The van der Waals surface area contributed by atoms with Crippen molar-refractivity contribution in [2.45, 2.75) is 26.4 Å². The molecule has 0 aliphatic carbocycles. The molecule has 23 heavy (non-hydrogen) atoms. The van der Waals surface area contributed by atoms with Crippen LogP contribution in [0.1, 0.15) is 21.1 Å². The first-order valence-corrected chi connectivity index (χ1v) is 9.92. The lowest BCUT2D eigenvalue weighted by Crippen LogP contribution is -2.44. The number of likely N-dealkylation sites (N-methyl/N-ethyl adjacent to an activating group) is 1. The highest BCUT2D eigenvalue weighted by molar-refractivity contribution is 7.15. The van der Waals surface area contributed by atoms with Gasteiger partial charge in [-0.25, -0.2) is 9.97 Å². The fraction of sp³-hybridized carbons (Fsp3) is 0.625. The topological polar surface area (TPSA) is 35.5 Å². The van der Waals surface area contributed by atoms with E-state index in [1.807, 2.05) is 16.8 Å². The summed E-state index contributed by atoms with van der Waals surface area (Å²) in [7, 11) is 2.20. The van der Waals surface area contributed by atoms with Crippen molar-refractivity contribution in [1.82, 2.24) is 19.8 Å². The number of aromatic nitrogens is 2. The van der Waals surface area contributed by atoms with E-state index in [4.69, 9.17) is 4.98 Å². The Kier molecular flexibility index (Phi) is 4.36. The minimum absolute atomic E-state index is 1.03. The summed E-state index contributed by atoms with van der Waals surface area (Å²) in [5.74, 6) is 0. The highest BCUT2D eigenvalue weighted by atomic mass is 32.1. The third-order valence-electron chi connectivity index (χ3n) is 4.78. The Morgan fingerprint density at radius 2 is 2.00 bits per heavy atom. The van der Waals surface area contributed by atoms with Crippen LogP contribution in [0, 0.1) is 6.92 Å². The number of anilines is 1. The van der Waals surface area contributed by atoms with Gasteiger partial charge in [0.1, 0.15) is 0 Å². The zero-order valence-electron chi connectivity index (χ0n) is 13.8. The Bertz CT molecular complexity index is 672. The summed E-state index contributed by atoms with van der Waals surface area (Å²) in [6, 6.07) is 0. The second-order valence-corrected chi connectivity index (χ2v) is 8.48. The third-order valence-corrected chi connectivity index (χ3v) is 6.85. The molecular formula is C16H23N5S2. The molecule has 0 unspecified atom stereocenters. The maximum absolute atomic E-state index is 4.94. The van der Waals surface area contributed by atoms with Crippen molar-refractivity contribution in [2.75, 3.05) is 44.7 Å². The first-order valence-electron chi connectivity index (χ1n) is 8.22. The van der Waals surface area contributed by atoms with Crippen LogP contribution < -0.4 is 4.90 Å². The predicted molar refractivity (Wildman–Crippen MR) is 96.5 cm³/mol. The van der Waals surface area contributed by atoms with Crippen molar-refractivity contribution >= 4 is 27.8 Å². The van der Waals surface area contributed by atoms with Gasteiger partial charge in [-0.3, -0.25) is 4.90 Å². The van der Waals surface area contributed by atoms with Gasteiger partial charge in [0.25, 0.3) is 0 Å². The fourth-order valence-corrected chi connectivity index (χ4v) is 5.20. The highest BCUT2D eigenvalue weighted by Crippen LogP contribution is 2.32. The van der Waals surface area contributed by atoms with Crippen LogP contribution in [0.5, 0.6) is 0 Å². The Hall–Kier alpha value is -1.02. The summed E-state index contributed by atoms with van der Waals surface area (Å²) >= 11 is 3.68. The van der Waals surface area contributed by atoms with Gasteiger partial charge >= 0.3 is 0 Å². The quantitative estimate of drug-likeness (QED) is 0.849. The van der Waals surface area contributed by atoms with Gasteiger partial charge in [0.15, 0.2) is 5.13 Å². The first kappa shape index (κ1) is 15.5. The smallest absolute Gasteiger partial charge is 0.185 e. The summed E-state index contributed by atoms with van der Waals surface area (Å²) in [5.41, 5.74) is 4.47. The molecule has 2 aromatic rings. The van der Waals surface area contributed by atoms with Crippen molar-refractivity contribution < 1.29 is 0 Å². The Morgan fingerprint density at radius 1 is 1.17 bits per heavy atom. The van der Waals surface area contributed by atoms with Crippen LogP contribution in [0.4, 0.5) is 5.13 Å². The molecule has 0 bridgehead atoms. The second kappa shape index (κ2) is 6.47. The molecule has 0 radical (unpaired) electrons. The summed E-state index contributed by atoms with van der Waals surface area (Å²) < 4.78 is 0. The molecule has 2 aliphatic heterocycles. The molecule has 124 valence electrons. The van der Waals surface area contributed by atoms with E-state index in [1.165, 1.54) is 26.3 Å². The SMILES string of the molecule is Cc1ncsc1CN1CCc2nc(N3CCN(C)CC3)sc2C1. The van der Waals surface area contributed by atoms with E-state index in [0.29, 0.717) is 0 Å². The van der Waals surface area contributed by atoms with E-state index in [2.05, 4.69) is 33.7 Å². The number of hydrogen-bond acceptors (Lipinski definition) is 7. The Labute approximate surface area is 145 Å². The van der Waals surface area contributed by atoms with E-state index in [1.54, 1.807) is 11.3 Å². The summed E-state index contributed by atoms with van der Waals surface area (Å²) in [5, 5.41) is 1.24. The molecule has 4 heterocycles. The number of fused-ring (bicyclic) bond motifs is 1. The van der Waals surface area contributed by atoms with Crippen LogP contribution >= 0.6 is 22.7 Å². The lowest BCUT2D eigenvalue weighted by Gasteiger charge is -2.32. The molecule has 1 fully saturated rings. The molecule has 0 aromatic carbocycles. The summed E-state index contributed by atoms with van der Waals surface area (Å²) in [6.45, 7) is 9.77. The van der Waals surface area contributed by atoms with Crippen LogP contribution in [0.25, 0.3) is 0 Å². The Balaban J connectivity index is 1.44. The fourth-order valence-electron chi connectivity index (χ4n) is 3.18. The lowest BCUT2D eigenvalue weighted by atomic mass is 10.2. The van der Waals surface area contributed by atoms with Crippen molar-refractivity contribution in [3.05, 3.63) is 26.7 Å². The zero-order chi connectivity index (χ0) is 15.8. The van der Waals surface area contributed by atoms with Gasteiger partial charge in [0.05, 0.1) is 16.9 Å². The molecule has 1 saturated heterocycles. The summed E-state index contributed by atoms with van der Waals surface area (Å²) in [6.07, 6.45) is 1.08. The molecule has 0 atom stereocenters. The van der Waals surface area contributed by atoms with E-state index in [9.17, 15) is 0 Å². The molecule has 2 aromatic heterocycles. The minimum Gasteiger partial charge on any atom is -0.346 e. The first-order chi connectivity index (χ1) is 11.2. The van der Waals surface area contributed by atoms with E-state index in [-0.39, 0.29) is 0 Å². The van der Waals surface area contributed by atoms with Gasteiger partial charge in [-0.15, -0.1) is 22.7 Å². The number of thiazole rings is 2. The predicted octanol–water partition coefficient (Wildman–Crippen LogP) is 2.22. The molecular weight excluding hydrogens is 326 g/mol. The average Bonchev–Trinajstić information content (AvgIpc) is 3.14. The summed E-state index contributed by atoms with van der Waals surface area (Å²) in [4.78, 5) is 19.6. The van der Waals surface area contributed by atoms with Crippen LogP contribution in [0.3, 0.4) is 0 Å². The van der Waals surface area contributed by atoms with Crippen LogP contribution in [0.2, 0.25) is 0 Å². The van der Waals surface area contributed by atoms with Crippen molar-refractivity contribution in [2.24, 2.45) is 0 Å². The van der Waals surface area contributed by atoms with E-state index >= 15 is 0 Å². The van der Waals surface area contributed by atoms with Gasteiger partial charge in [-0.1, -0.05) is 0 Å². The highest BCUT2D eigenvalue weighted by Gasteiger charge is 2.24. The van der Waals surface area contributed by atoms with Gasteiger partial charge in [0.2, 0.25) is 0 Å². The van der Waals surface area contributed by atoms with Gasteiger partial charge < -0.3 is 9.80 Å². The molecule has 4 rings (SSSR count). The van der Waals surface area contributed by atoms with Crippen molar-refractivity contribution in [1.29, 1.82) is 0 Å². The second-order valence-electron chi connectivity index (χ2n) is 6.48. The maximum Gasteiger partial charge on any atom is 0.185 e. The minimum atomic E-state index is 1.03. The number of nitrogens with zero attached hydrogens (tertiary/aromatic N) is 5. The van der Waals surface area contributed by atoms with E-state index < -0.39 is 0 Å². The average molecular weight is 350 g/mol. The van der Waals surface area contributed by atoms with Gasteiger partial charge in [-0.05, 0) is 14.0 Å². The largest absolute Gasteiger partial charge is 0.346 e. The van der Waals surface area contributed by atoms with Crippen LogP contribution in [-0.2, 0) is 19.5 Å². The number of piperazine rings is 1. The number of rotatable bonds is 3. The van der Waals surface area contributed by atoms with Crippen molar-refractivity contribution in [3.63, 3.8) is 0 Å². The number of hydrogen-bond donors (Lipinski definition) is 0. The monoisotopic (exact) mass is 349 g/mol. The molecule has 0 amide bonds. The molecule has 7 heteroatoms. The molecule has 0 N–H and O–H groups in total. The lowest BCUT2D eigenvalue weighted by molar-refractivity contribution is 0.248. The van der Waals surface area contributed by atoms with Crippen LogP contribution in [-0.4, -0.2) is 59.5 Å². The molecule has 5 nitrogen and oxygen atoms in total. The van der Waals surface area contributed by atoms with Gasteiger partial charge in [-0.2, -0.15) is 0 Å². The zero-order valence-corrected chi connectivity index (χ0v) is 15.4. The van der Waals surface area contributed by atoms with Crippen molar-refractivity contribution in [3.8, 4) is 0 Å². The number of aryl methyl sites for hydroxylation is 1. The van der Waals surface area contributed by atoms with E-state index in [0.717, 1.165) is 52.2 Å². The third kappa shape index (κ3) is 3.28.